The molecule has 17 heavy (non-hydrogen) atoms. The minimum Gasteiger partial charge on any atom is -0.469 e. The van der Waals surface area contributed by atoms with E-state index in [1.54, 1.807) is 0 Å². The third-order valence-electron chi connectivity index (χ3n) is 2.77. The van der Waals surface area contributed by atoms with Crippen LogP contribution in [-0.4, -0.2) is 23.8 Å². The normalized spacial score (nSPS) is 14.4. The molecule has 0 amide bonds. The first-order chi connectivity index (χ1) is 8.10. The number of halogens is 2. The van der Waals surface area contributed by atoms with E-state index in [-0.39, 0.29) is 16.7 Å². The maximum Gasteiger partial charge on any atom is 0.307 e. The van der Waals surface area contributed by atoms with Crippen molar-refractivity contribution in [3.8, 4) is 0 Å². The molecule has 4 heteroatoms. The predicted molar refractivity (Wildman–Crippen MR) is 73.9 cm³/mol. The minimum atomic E-state index is -0.240. The van der Waals surface area contributed by atoms with E-state index in [1.165, 1.54) is 26.4 Å². The van der Waals surface area contributed by atoms with Crippen molar-refractivity contribution in [1.82, 2.24) is 0 Å². The van der Waals surface area contributed by atoms with Crippen LogP contribution in [-0.2, 0) is 9.53 Å². The van der Waals surface area contributed by atoms with Gasteiger partial charge in [-0.2, -0.15) is 0 Å². The van der Waals surface area contributed by atoms with Crippen molar-refractivity contribution in [2.24, 2.45) is 0 Å². The van der Waals surface area contributed by atoms with Crippen LogP contribution in [0.3, 0.4) is 0 Å². The van der Waals surface area contributed by atoms with Gasteiger partial charge in [0, 0.05) is 10.8 Å². The lowest BCUT2D eigenvalue weighted by molar-refractivity contribution is -0.140. The Balaban J connectivity index is 3.45. The maximum absolute atomic E-state index is 11.0. The summed E-state index contributed by atoms with van der Waals surface area (Å²) in [6.07, 6.45) is 7.85. The molecule has 0 N–H and O–H groups in total. The van der Waals surface area contributed by atoms with Gasteiger partial charge in [0.1, 0.15) is 0 Å². The fourth-order valence-electron chi connectivity index (χ4n) is 1.69. The largest absolute Gasteiger partial charge is 0.469 e. The summed E-state index contributed by atoms with van der Waals surface area (Å²) in [5, 5.41) is 0.130. The Hall–Kier alpha value is 0.0500. The van der Waals surface area contributed by atoms with Gasteiger partial charge in [-0.15, -0.1) is 23.2 Å². The van der Waals surface area contributed by atoms with Crippen molar-refractivity contribution in [3.63, 3.8) is 0 Å². The van der Waals surface area contributed by atoms with Crippen LogP contribution in [0.25, 0.3) is 0 Å². The van der Waals surface area contributed by atoms with Gasteiger partial charge in [0.25, 0.3) is 0 Å². The molecule has 0 aliphatic carbocycles. The molecule has 0 fully saturated rings. The number of esters is 1. The number of alkyl halides is 2. The van der Waals surface area contributed by atoms with Gasteiger partial charge in [0.2, 0.25) is 0 Å². The Bertz CT molecular complexity index is 198. The van der Waals surface area contributed by atoms with Gasteiger partial charge in [0.15, 0.2) is 0 Å². The van der Waals surface area contributed by atoms with Crippen molar-refractivity contribution in [2.45, 2.75) is 69.0 Å². The van der Waals surface area contributed by atoms with Crippen LogP contribution >= 0.6 is 23.2 Å². The summed E-state index contributed by atoms with van der Waals surface area (Å²) in [5.74, 6) is -0.240. The highest BCUT2D eigenvalue weighted by atomic mass is 35.5. The zero-order valence-electron chi connectivity index (χ0n) is 10.9. The van der Waals surface area contributed by atoms with Crippen molar-refractivity contribution in [2.75, 3.05) is 7.11 Å². The van der Waals surface area contributed by atoms with E-state index >= 15 is 0 Å². The molecule has 0 aromatic carbocycles. The van der Waals surface area contributed by atoms with Crippen molar-refractivity contribution in [3.05, 3.63) is 0 Å². The molecule has 0 radical (unpaired) electrons. The molecule has 0 aliphatic heterocycles. The predicted octanol–water partition coefficient (Wildman–Crippen LogP) is 4.51. The first kappa shape index (κ1) is 17.1. The molecule has 2 atom stereocenters. The summed E-state index contributed by atoms with van der Waals surface area (Å²) < 4.78 is 4.56. The SMILES string of the molecule is CCCCCC(Cl)CCCC(Cl)CC(=O)OC. The number of carbonyl (C=O) groups is 1. The summed E-state index contributed by atoms with van der Waals surface area (Å²) in [6.45, 7) is 2.19. The molecule has 0 aromatic rings. The van der Waals surface area contributed by atoms with E-state index < -0.39 is 0 Å². The minimum absolute atomic E-state index is 0.123. The number of carbonyl (C=O) groups excluding carboxylic acids is 1. The number of rotatable bonds is 10. The lowest BCUT2D eigenvalue weighted by atomic mass is 10.1. The Kier molecular flexibility index (Phi) is 11.2. The van der Waals surface area contributed by atoms with Crippen molar-refractivity contribution in [1.29, 1.82) is 0 Å². The third kappa shape index (κ3) is 10.9. The summed E-state index contributed by atoms with van der Waals surface area (Å²) in [4.78, 5) is 11.0. The first-order valence-electron chi connectivity index (χ1n) is 6.45. The third-order valence-corrected chi connectivity index (χ3v) is 3.58. The summed E-state index contributed by atoms with van der Waals surface area (Å²) in [5.41, 5.74) is 0. The highest BCUT2D eigenvalue weighted by Gasteiger charge is 2.12. The molecule has 102 valence electrons. The zero-order chi connectivity index (χ0) is 13.1. The smallest absolute Gasteiger partial charge is 0.307 e. The van der Waals surface area contributed by atoms with Gasteiger partial charge < -0.3 is 4.74 Å². The Morgan fingerprint density at radius 3 is 2.24 bits per heavy atom. The fraction of sp³-hybridized carbons (Fsp3) is 0.923. The van der Waals surface area contributed by atoms with Crippen LogP contribution in [0.5, 0.6) is 0 Å². The number of hydrogen-bond donors (Lipinski definition) is 0. The lowest BCUT2D eigenvalue weighted by Crippen LogP contribution is -2.10. The van der Waals surface area contributed by atoms with E-state index in [2.05, 4.69) is 11.7 Å². The molecule has 0 aromatic heterocycles. The average Bonchev–Trinajstić information content (AvgIpc) is 2.29. The van der Waals surface area contributed by atoms with Crippen LogP contribution in [0.2, 0.25) is 0 Å². The van der Waals surface area contributed by atoms with Gasteiger partial charge in [-0.25, -0.2) is 0 Å². The van der Waals surface area contributed by atoms with Crippen LogP contribution in [0.1, 0.15) is 58.3 Å². The monoisotopic (exact) mass is 282 g/mol. The second kappa shape index (κ2) is 11.2. The second-order valence-corrected chi connectivity index (χ2v) is 5.64. The van der Waals surface area contributed by atoms with E-state index in [9.17, 15) is 4.79 Å². The molecule has 0 rings (SSSR count). The molecule has 0 saturated carbocycles. The van der Waals surface area contributed by atoms with Crippen LogP contribution < -0.4 is 0 Å². The Labute approximate surface area is 115 Å². The summed E-state index contributed by atoms with van der Waals surface area (Å²) in [6, 6.07) is 0. The molecule has 0 bridgehead atoms. The second-order valence-electron chi connectivity index (χ2n) is 4.40. The standard InChI is InChI=1S/C13H24Cl2O2/c1-3-4-5-7-11(14)8-6-9-12(15)10-13(16)17-2/h11-12H,3-10H2,1-2H3. The number of ether oxygens (including phenoxy) is 1. The lowest BCUT2D eigenvalue weighted by Gasteiger charge is -2.11. The van der Waals surface area contributed by atoms with Gasteiger partial charge in [-0.1, -0.05) is 32.6 Å². The van der Waals surface area contributed by atoms with Crippen LogP contribution in [0, 0.1) is 0 Å². The topological polar surface area (TPSA) is 26.3 Å². The molecule has 0 aliphatic rings. The van der Waals surface area contributed by atoms with E-state index in [4.69, 9.17) is 23.2 Å². The number of methoxy groups -OCH3 is 1. The summed E-state index contributed by atoms with van der Waals surface area (Å²) in [7, 11) is 1.38. The van der Waals surface area contributed by atoms with E-state index in [0.29, 0.717) is 6.42 Å². The van der Waals surface area contributed by atoms with Gasteiger partial charge in [0.05, 0.1) is 13.5 Å². The average molecular weight is 283 g/mol. The van der Waals surface area contributed by atoms with E-state index in [0.717, 1.165) is 25.7 Å². The molecule has 0 spiro atoms. The van der Waals surface area contributed by atoms with Crippen molar-refractivity contribution >= 4 is 29.2 Å². The highest BCUT2D eigenvalue weighted by Crippen LogP contribution is 2.18. The van der Waals surface area contributed by atoms with Crippen LogP contribution in [0.15, 0.2) is 0 Å². The Morgan fingerprint density at radius 1 is 1.06 bits per heavy atom. The molecule has 2 nitrogen and oxygen atoms in total. The first-order valence-corrected chi connectivity index (χ1v) is 7.32. The Morgan fingerprint density at radius 2 is 1.65 bits per heavy atom. The highest BCUT2D eigenvalue weighted by molar-refractivity contribution is 6.21. The molecule has 0 heterocycles. The zero-order valence-corrected chi connectivity index (χ0v) is 12.4. The quantitative estimate of drug-likeness (QED) is 0.335. The van der Waals surface area contributed by atoms with Crippen LogP contribution in [0.4, 0.5) is 0 Å². The summed E-state index contributed by atoms with van der Waals surface area (Å²) >= 11 is 12.2. The van der Waals surface area contributed by atoms with Crippen molar-refractivity contribution < 1.29 is 9.53 Å². The molecule has 0 saturated heterocycles. The van der Waals surface area contributed by atoms with Gasteiger partial charge in [-0.3, -0.25) is 4.79 Å². The molecule has 2 unspecified atom stereocenters. The number of unbranched alkanes of at least 4 members (excludes halogenated alkanes) is 2. The molecular formula is C13H24Cl2O2. The number of hydrogen-bond acceptors (Lipinski definition) is 2. The van der Waals surface area contributed by atoms with Gasteiger partial charge >= 0.3 is 5.97 Å². The van der Waals surface area contributed by atoms with Gasteiger partial charge in [-0.05, 0) is 19.3 Å². The van der Waals surface area contributed by atoms with E-state index in [1.807, 2.05) is 0 Å². The maximum atomic E-state index is 11.0. The molecular weight excluding hydrogens is 259 g/mol. The fourth-order valence-corrected chi connectivity index (χ4v) is 2.28.